The number of non-ortho nitro benzene ring substituents is 1. The summed E-state index contributed by atoms with van der Waals surface area (Å²) in [5.41, 5.74) is 0.496. The number of amides is 3. The molecule has 138 valence electrons. The maximum Gasteiger partial charge on any atom is 0.271 e. The molecule has 9 nitrogen and oxygen atoms in total. The lowest BCUT2D eigenvalue weighted by Crippen LogP contribution is -2.27. The van der Waals surface area contributed by atoms with Gasteiger partial charge < -0.3 is 5.32 Å². The first kappa shape index (κ1) is 18.5. The first-order valence-electron chi connectivity index (χ1n) is 7.98. The Morgan fingerprint density at radius 1 is 1.18 bits per heavy atom. The van der Waals surface area contributed by atoms with Crippen LogP contribution in [0, 0.1) is 21.4 Å². The highest BCUT2D eigenvalue weighted by Crippen LogP contribution is 2.27. The number of nitro groups is 1. The number of nitriles is 1. The van der Waals surface area contributed by atoms with Gasteiger partial charge >= 0.3 is 0 Å². The third kappa shape index (κ3) is 3.22. The zero-order valence-corrected chi connectivity index (χ0v) is 14.5. The van der Waals surface area contributed by atoms with E-state index in [4.69, 9.17) is 5.26 Å². The molecule has 9 heteroatoms. The third-order valence-electron chi connectivity index (χ3n) is 4.09. The number of rotatable bonds is 4. The maximum atomic E-state index is 12.5. The number of nitrogens with zero attached hydrogens (tertiary/aromatic N) is 3. The van der Waals surface area contributed by atoms with E-state index in [9.17, 15) is 24.5 Å². The number of allylic oxidation sites excluding steroid dienone is 2. The molecule has 0 bridgehead atoms. The molecule has 1 heterocycles. The minimum Gasteiger partial charge on any atom is -0.322 e. The van der Waals surface area contributed by atoms with Gasteiger partial charge in [-0.25, -0.2) is 4.90 Å². The minimum absolute atomic E-state index is 0.0439. The Morgan fingerprint density at radius 2 is 1.89 bits per heavy atom. The van der Waals surface area contributed by atoms with Gasteiger partial charge in [-0.3, -0.25) is 24.5 Å². The van der Waals surface area contributed by atoms with Crippen LogP contribution in [0.15, 0.2) is 54.2 Å². The highest BCUT2D eigenvalue weighted by atomic mass is 16.6. The van der Waals surface area contributed by atoms with E-state index < -0.39 is 22.6 Å². The summed E-state index contributed by atoms with van der Waals surface area (Å²) in [6, 6.07) is 11.2. The van der Waals surface area contributed by atoms with E-state index in [1.807, 2.05) is 0 Å². The van der Waals surface area contributed by atoms with Crippen molar-refractivity contribution in [3.63, 3.8) is 0 Å². The van der Waals surface area contributed by atoms with Crippen molar-refractivity contribution in [2.45, 2.75) is 6.92 Å². The molecule has 1 aliphatic rings. The van der Waals surface area contributed by atoms with Crippen LogP contribution < -0.4 is 5.32 Å². The van der Waals surface area contributed by atoms with Crippen molar-refractivity contribution in [1.82, 2.24) is 4.90 Å². The Balaban J connectivity index is 1.89. The molecule has 0 atom stereocenters. The lowest BCUT2D eigenvalue weighted by molar-refractivity contribution is -0.384. The second-order valence-electron chi connectivity index (χ2n) is 5.88. The van der Waals surface area contributed by atoms with Crippen molar-refractivity contribution in [3.8, 4) is 6.07 Å². The fourth-order valence-corrected chi connectivity index (χ4v) is 2.76. The van der Waals surface area contributed by atoms with Crippen LogP contribution in [0.4, 0.5) is 11.4 Å². The van der Waals surface area contributed by atoms with Crippen LogP contribution in [0.3, 0.4) is 0 Å². The lowest BCUT2D eigenvalue weighted by Gasteiger charge is -2.12. The monoisotopic (exact) mass is 376 g/mol. The molecular weight excluding hydrogens is 364 g/mol. The number of nitro benzene ring substituents is 1. The average molecular weight is 376 g/mol. The molecule has 0 aromatic heterocycles. The largest absolute Gasteiger partial charge is 0.322 e. The van der Waals surface area contributed by atoms with Crippen LogP contribution in [0.5, 0.6) is 0 Å². The van der Waals surface area contributed by atoms with Crippen LogP contribution in [-0.4, -0.2) is 27.5 Å². The number of fused-ring (bicyclic) bond motifs is 1. The zero-order chi connectivity index (χ0) is 20.4. The van der Waals surface area contributed by atoms with E-state index in [-0.39, 0.29) is 33.8 Å². The molecule has 0 spiro atoms. The van der Waals surface area contributed by atoms with Gasteiger partial charge in [0.25, 0.3) is 23.4 Å². The molecule has 0 saturated carbocycles. The summed E-state index contributed by atoms with van der Waals surface area (Å²) >= 11 is 0. The van der Waals surface area contributed by atoms with Crippen molar-refractivity contribution in [2.24, 2.45) is 0 Å². The number of imide groups is 1. The van der Waals surface area contributed by atoms with Gasteiger partial charge in [-0.15, -0.1) is 0 Å². The Bertz CT molecular complexity index is 1110. The summed E-state index contributed by atoms with van der Waals surface area (Å²) in [5, 5.41) is 22.1. The molecule has 28 heavy (non-hydrogen) atoms. The zero-order valence-electron chi connectivity index (χ0n) is 14.5. The summed E-state index contributed by atoms with van der Waals surface area (Å²) in [5.74, 6) is -1.80. The number of benzene rings is 2. The highest BCUT2D eigenvalue weighted by molar-refractivity contribution is 6.23. The van der Waals surface area contributed by atoms with E-state index >= 15 is 0 Å². The van der Waals surface area contributed by atoms with Gasteiger partial charge in [0.1, 0.15) is 0 Å². The van der Waals surface area contributed by atoms with Crippen molar-refractivity contribution in [3.05, 3.63) is 81.0 Å². The number of nitrogens with one attached hydrogen (secondary N) is 1. The van der Waals surface area contributed by atoms with Crippen LogP contribution in [0.25, 0.3) is 0 Å². The predicted octanol–water partition coefficient (Wildman–Crippen LogP) is 2.87. The Morgan fingerprint density at radius 3 is 2.57 bits per heavy atom. The number of hydrogen-bond acceptors (Lipinski definition) is 6. The van der Waals surface area contributed by atoms with E-state index in [0.717, 1.165) is 11.0 Å². The molecule has 0 saturated heterocycles. The Labute approximate surface area is 158 Å². The second kappa shape index (κ2) is 7.13. The standard InChI is InChI=1S/C19H12N4O5/c1-11(7-8-20)22-18(25)15-6-5-12(9-16(15)19(22)26)17(24)21-13-3-2-4-14(10-13)23(27)28/h2-7,9-10H,1H3,(H,21,24)/b11-7+. The van der Waals surface area contributed by atoms with Gasteiger partial charge in [0.2, 0.25) is 0 Å². The first-order chi connectivity index (χ1) is 13.3. The molecule has 0 aliphatic carbocycles. The molecule has 0 radical (unpaired) electrons. The Hall–Kier alpha value is -4.32. The predicted molar refractivity (Wildman–Crippen MR) is 97.4 cm³/mol. The molecule has 2 aromatic carbocycles. The number of carbonyl (C=O) groups is 3. The smallest absolute Gasteiger partial charge is 0.271 e. The second-order valence-corrected chi connectivity index (χ2v) is 5.88. The van der Waals surface area contributed by atoms with Gasteiger partial charge in [-0.2, -0.15) is 5.26 Å². The third-order valence-corrected chi connectivity index (χ3v) is 4.09. The normalized spacial score (nSPS) is 13.1. The van der Waals surface area contributed by atoms with Gasteiger partial charge in [-0.05, 0) is 31.2 Å². The molecule has 1 aliphatic heterocycles. The molecule has 0 fully saturated rings. The number of carbonyl (C=O) groups excluding carboxylic acids is 3. The van der Waals surface area contributed by atoms with Crippen LogP contribution in [0.1, 0.15) is 38.0 Å². The highest BCUT2D eigenvalue weighted by Gasteiger charge is 2.37. The maximum absolute atomic E-state index is 12.5. The molecule has 3 rings (SSSR count). The topological polar surface area (TPSA) is 133 Å². The summed E-state index contributed by atoms with van der Waals surface area (Å²) in [6.07, 6.45) is 1.08. The van der Waals surface area contributed by atoms with Crippen LogP contribution >= 0.6 is 0 Å². The van der Waals surface area contributed by atoms with Crippen LogP contribution in [0.2, 0.25) is 0 Å². The van der Waals surface area contributed by atoms with Crippen molar-refractivity contribution in [1.29, 1.82) is 5.26 Å². The molecule has 0 unspecified atom stereocenters. The van der Waals surface area contributed by atoms with Crippen molar-refractivity contribution in [2.75, 3.05) is 5.32 Å². The average Bonchev–Trinajstić information content (AvgIpc) is 2.92. The van der Waals surface area contributed by atoms with Crippen molar-refractivity contribution >= 4 is 29.1 Å². The molecule has 1 N–H and O–H groups in total. The van der Waals surface area contributed by atoms with Gasteiger partial charge in [0, 0.05) is 35.2 Å². The van der Waals surface area contributed by atoms with Gasteiger partial charge in [-0.1, -0.05) is 6.07 Å². The van der Waals surface area contributed by atoms with Gasteiger partial charge in [0.15, 0.2) is 0 Å². The van der Waals surface area contributed by atoms with Gasteiger partial charge in [0.05, 0.1) is 22.1 Å². The Kier molecular flexibility index (Phi) is 4.70. The SMILES string of the molecule is C/C(=C\C#N)N1C(=O)c2ccc(C(=O)Nc3cccc([N+](=O)[O-])c3)cc2C1=O. The molecule has 3 amide bonds. The summed E-state index contributed by atoms with van der Waals surface area (Å²) in [6.45, 7) is 1.46. The summed E-state index contributed by atoms with van der Waals surface area (Å²) in [4.78, 5) is 48.5. The number of anilines is 1. The van der Waals surface area contributed by atoms with E-state index in [1.165, 1.54) is 49.4 Å². The fraction of sp³-hybridized carbons (Fsp3) is 0.0526. The van der Waals surface area contributed by atoms with E-state index in [0.29, 0.717) is 0 Å². The summed E-state index contributed by atoms with van der Waals surface area (Å²) in [7, 11) is 0. The van der Waals surface area contributed by atoms with Crippen LogP contribution in [-0.2, 0) is 0 Å². The minimum atomic E-state index is -0.631. The van der Waals surface area contributed by atoms with E-state index in [2.05, 4.69) is 5.32 Å². The molecular formula is C19H12N4O5. The number of hydrogen-bond donors (Lipinski definition) is 1. The van der Waals surface area contributed by atoms with E-state index in [1.54, 1.807) is 6.07 Å². The lowest BCUT2D eigenvalue weighted by atomic mass is 10.1. The quantitative estimate of drug-likeness (QED) is 0.377. The first-order valence-corrected chi connectivity index (χ1v) is 7.98. The fourth-order valence-electron chi connectivity index (χ4n) is 2.76. The molecule has 2 aromatic rings. The summed E-state index contributed by atoms with van der Waals surface area (Å²) < 4.78 is 0. The van der Waals surface area contributed by atoms with Crippen molar-refractivity contribution < 1.29 is 19.3 Å².